The van der Waals surface area contributed by atoms with Crippen LogP contribution in [0.5, 0.6) is 0 Å². The molecular formula is C48H80Ac2CuO2. The number of terminal acetylenes is 1. The van der Waals surface area contributed by atoms with Crippen molar-refractivity contribution < 1.29 is 116 Å². The van der Waals surface area contributed by atoms with Gasteiger partial charge in [-0.1, -0.05) is 91.9 Å². The van der Waals surface area contributed by atoms with Crippen LogP contribution in [-0.4, -0.2) is 11.0 Å². The van der Waals surface area contributed by atoms with Crippen LogP contribution in [0.1, 0.15) is 176 Å². The molecule has 6 saturated carbocycles. The molecule has 0 aliphatic heterocycles. The predicted octanol–water partition coefficient (Wildman–Crippen LogP) is 11.6. The molecule has 6 aliphatic carbocycles. The maximum atomic E-state index is 5.66. The van der Waals surface area contributed by atoms with E-state index in [-0.39, 0.29) is 116 Å². The van der Waals surface area contributed by atoms with Crippen LogP contribution >= 0.6 is 0 Å². The minimum Gasteiger partial charge on any atom is -0.412 e. The predicted molar refractivity (Wildman–Crippen MR) is 215 cm³/mol. The summed E-state index contributed by atoms with van der Waals surface area (Å²) in [5, 5.41) is 0. The molecule has 6 aliphatic rings. The molecule has 9 unspecified atom stereocenters. The first-order valence-electron chi connectivity index (χ1n) is 21.7. The molecule has 0 amide bonds. The smallest absolute Gasteiger partial charge is 0.0241 e. The fraction of sp³-hybridized carbons (Fsp3) is 0.875. The van der Waals surface area contributed by atoms with Crippen molar-refractivity contribution in [2.24, 2.45) is 88.8 Å². The monoisotopic (exact) mass is 1210 g/mol. The maximum Gasteiger partial charge on any atom is 0.0241 e. The molecule has 9 atom stereocenters. The normalized spacial score (nSPS) is 40.8. The van der Waals surface area contributed by atoms with Crippen molar-refractivity contribution in [3.8, 4) is 36.0 Å². The van der Waals surface area contributed by atoms with E-state index in [1.54, 1.807) is 0 Å². The van der Waals surface area contributed by atoms with Gasteiger partial charge in [0.15, 0.2) is 0 Å². The Bertz CT molecular complexity index is 1080. The summed E-state index contributed by atoms with van der Waals surface area (Å²) in [7, 11) is 0. The summed E-state index contributed by atoms with van der Waals surface area (Å²) in [6.07, 6.45) is 35.7. The summed E-state index contributed by atoms with van der Waals surface area (Å²) in [5.74, 6) is 29.8. The van der Waals surface area contributed by atoms with Crippen molar-refractivity contribution in [2.75, 3.05) is 0 Å². The van der Waals surface area contributed by atoms with Gasteiger partial charge in [-0.3, -0.25) is 0 Å². The Morgan fingerprint density at radius 2 is 0.604 bits per heavy atom. The second-order valence-electron chi connectivity index (χ2n) is 19.2. The topological polar surface area (TPSA) is 63.0 Å². The van der Waals surface area contributed by atoms with Crippen LogP contribution in [0.3, 0.4) is 0 Å². The average Bonchev–Trinajstić information content (AvgIpc) is 3.10. The van der Waals surface area contributed by atoms with E-state index >= 15 is 0 Å². The van der Waals surface area contributed by atoms with Crippen molar-refractivity contribution in [1.29, 1.82) is 0 Å². The van der Waals surface area contributed by atoms with E-state index in [4.69, 9.17) is 6.42 Å². The molecule has 53 heavy (non-hydrogen) atoms. The fourth-order valence-electron chi connectivity index (χ4n) is 11.5. The number of rotatable bonds is 3. The van der Waals surface area contributed by atoms with Crippen molar-refractivity contribution in [3.05, 3.63) is 0 Å². The molecule has 0 aromatic rings. The zero-order valence-electron chi connectivity index (χ0n) is 35.0. The Kier molecular flexibility index (Phi) is 29.5. The van der Waals surface area contributed by atoms with Crippen LogP contribution in [0, 0.1) is 213 Å². The molecule has 0 aromatic carbocycles. The van der Waals surface area contributed by atoms with Gasteiger partial charge in [0.2, 0.25) is 0 Å². The molecule has 3 radical (unpaired) electrons. The maximum absolute atomic E-state index is 5.66. The van der Waals surface area contributed by atoms with Gasteiger partial charge in [-0.15, -0.1) is 12.3 Å². The quantitative estimate of drug-likeness (QED) is 0.200. The molecule has 6 fully saturated rings. The molecule has 6 rings (SSSR count). The third-order valence-corrected chi connectivity index (χ3v) is 15.7. The van der Waals surface area contributed by atoms with Gasteiger partial charge >= 0.3 is 0 Å². The molecule has 0 heterocycles. The van der Waals surface area contributed by atoms with Gasteiger partial charge in [0.25, 0.3) is 0 Å². The summed E-state index contributed by atoms with van der Waals surface area (Å²) in [6, 6.07) is 0. The Hall–Kier alpha value is 2.00. The summed E-state index contributed by atoms with van der Waals surface area (Å²) in [5.41, 5.74) is 0. The molecule has 2 nitrogen and oxygen atoms in total. The minimum absolute atomic E-state index is 0. The van der Waals surface area contributed by atoms with Crippen molar-refractivity contribution in [3.63, 3.8) is 0 Å². The second kappa shape index (κ2) is 28.5. The molecule has 4 N–H and O–H groups in total. The van der Waals surface area contributed by atoms with Crippen molar-refractivity contribution >= 4 is 0 Å². The van der Waals surface area contributed by atoms with Crippen LogP contribution < -0.4 is 0 Å². The molecule has 0 bridgehead atoms. The third-order valence-electron chi connectivity index (χ3n) is 15.7. The van der Waals surface area contributed by atoms with Crippen LogP contribution in [-0.2, 0) is 17.1 Å². The van der Waals surface area contributed by atoms with Crippen LogP contribution in [0.25, 0.3) is 0 Å². The first-order valence-corrected chi connectivity index (χ1v) is 21.7. The van der Waals surface area contributed by atoms with Crippen LogP contribution in [0.4, 0.5) is 0 Å². The third kappa shape index (κ3) is 17.3. The van der Waals surface area contributed by atoms with Gasteiger partial charge in [0, 0.05) is 123 Å². The Morgan fingerprint density at radius 1 is 0.358 bits per heavy atom. The molecule has 0 spiro atoms. The van der Waals surface area contributed by atoms with Gasteiger partial charge in [0.05, 0.1) is 0 Å². The number of hydrogen-bond donors (Lipinski definition) is 0. The Morgan fingerprint density at radius 3 is 0.887 bits per heavy atom. The van der Waals surface area contributed by atoms with E-state index in [1.807, 2.05) is 0 Å². The number of hydrogen-bond acceptors (Lipinski definition) is 0. The first-order chi connectivity index (χ1) is 23.2. The van der Waals surface area contributed by atoms with E-state index in [9.17, 15) is 0 Å². The molecule has 0 saturated heterocycles. The van der Waals surface area contributed by atoms with Gasteiger partial charge < -0.3 is 11.0 Å². The van der Waals surface area contributed by atoms with E-state index in [1.165, 1.54) is 135 Å². The zero-order valence-corrected chi connectivity index (χ0v) is 45.5. The van der Waals surface area contributed by atoms with E-state index in [2.05, 4.69) is 71.1 Å². The van der Waals surface area contributed by atoms with E-state index in [0.717, 1.165) is 71.0 Å². The molecule has 0 aromatic heterocycles. The summed E-state index contributed by atoms with van der Waals surface area (Å²) in [6.45, 7) is 14.5. The summed E-state index contributed by atoms with van der Waals surface area (Å²) >= 11 is 0. The van der Waals surface area contributed by atoms with Crippen LogP contribution in [0.2, 0.25) is 0 Å². The van der Waals surface area contributed by atoms with Gasteiger partial charge in [-0.05, 0) is 179 Å². The van der Waals surface area contributed by atoms with Crippen LogP contribution in [0.15, 0.2) is 0 Å². The Balaban J connectivity index is 0.00000111. The average molecular weight is 1210 g/mol. The minimum atomic E-state index is 0. The Labute approximate surface area is 412 Å². The summed E-state index contributed by atoms with van der Waals surface area (Å²) in [4.78, 5) is 0. The SMILES string of the molecule is C#CC1CC(C2CCC(C)CC2)CCC1C.CC1CCC(C2CCC(C)C(C#CC#CC3CC(C4CCC(C)CC4)CCC3C)C2)CC1.O.O.[Ac].[Ac].[Cu]. The van der Waals surface area contributed by atoms with Crippen molar-refractivity contribution in [1.82, 2.24) is 0 Å². The first kappa shape index (κ1) is 55.0. The molecule has 301 valence electrons. The zero-order chi connectivity index (χ0) is 34.0. The second-order valence-corrected chi connectivity index (χ2v) is 19.2. The standard InChI is InChI=1S/C32H50.C16H26.2Ac.Cu.2H2O/c1-23-9-15-27(16-10-23)31-19-13-25(3)29(21-31)7-5-6-8-30-22-32(20-14-26(30)4)28-17-11-24(2)12-18-28;1-4-14-11-16(10-7-13(14)3)15-8-5-12(2)6-9-15;;;;;/h23-32H,9-22H2,1-4H3;1,12-16H,5-11H2,2-3H3;;;;2*1H2. The summed E-state index contributed by atoms with van der Waals surface area (Å²) < 4.78 is 0. The largest absolute Gasteiger partial charge is 0.412 e. The van der Waals surface area contributed by atoms with E-state index < -0.39 is 0 Å². The van der Waals surface area contributed by atoms with Gasteiger partial charge in [-0.25, -0.2) is 0 Å². The van der Waals surface area contributed by atoms with E-state index in [0.29, 0.717) is 17.8 Å². The molecular weight excluding hydrogens is 1130 g/mol. The van der Waals surface area contributed by atoms with Crippen molar-refractivity contribution in [2.45, 2.75) is 176 Å². The fourth-order valence-corrected chi connectivity index (χ4v) is 11.5. The van der Waals surface area contributed by atoms with Gasteiger partial charge in [-0.2, -0.15) is 0 Å². The van der Waals surface area contributed by atoms with Gasteiger partial charge in [0.1, 0.15) is 0 Å². The molecule has 5 heteroatoms.